The lowest BCUT2D eigenvalue weighted by Crippen LogP contribution is -2.26. The van der Waals surface area contributed by atoms with Crippen LogP contribution < -0.4 is 0 Å². The van der Waals surface area contributed by atoms with Crippen LogP contribution in [-0.4, -0.2) is 5.11 Å². The Labute approximate surface area is 126 Å². The van der Waals surface area contributed by atoms with E-state index in [1.54, 1.807) is 0 Å². The standard InChI is InChI=1S/C16H17F3OS/c1-2-3-10-15(20,14-5-4-11-21-14)12-6-8-13(9-7-12)16(17,18)19/h4-9,11,20H,2-3,10H2,1H3. The average Bonchev–Trinajstić information content (AvgIpc) is 2.99. The second-order valence-electron chi connectivity index (χ2n) is 5.02. The maximum Gasteiger partial charge on any atom is 0.416 e. The Balaban J connectivity index is 2.38. The van der Waals surface area contributed by atoms with Gasteiger partial charge in [-0.3, -0.25) is 0 Å². The van der Waals surface area contributed by atoms with Crippen molar-refractivity contribution in [1.29, 1.82) is 0 Å². The van der Waals surface area contributed by atoms with Crippen molar-refractivity contribution in [2.75, 3.05) is 0 Å². The van der Waals surface area contributed by atoms with E-state index in [2.05, 4.69) is 0 Å². The summed E-state index contributed by atoms with van der Waals surface area (Å²) >= 11 is 1.41. The molecule has 0 aliphatic rings. The molecule has 114 valence electrons. The molecule has 1 N–H and O–H groups in total. The summed E-state index contributed by atoms with van der Waals surface area (Å²) in [5.41, 5.74) is -1.41. The van der Waals surface area contributed by atoms with Crippen molar-refractivity contribution in [2.45, 2.75) is 38.0 Å². The largest absolute Gasteiger partial charge is 0.416 e. The van der Waals surface area contributed by atoms with Crippen LogP contribution in [0.1, 0.15) is 42.2 Å². The minimum Gasteiger partial charge on any atom is -0.380 e. The van der Waals surface area contributed by atoms with Crippen LogP contribution in [0, 0.1) is 0 Å². The molecule has 5 heteroatoms. The molecule has 1 heterocycles. The number of thiophene rings is 1. The Morgan fingerprint density at radius 2 is 1.67 bits per heavy atom. The highest BCUT2D eigenvalue weighted by Crippen LogP contribution is 2.38. The fraction of sp³-hybridized carbons (Fsp3) is 0.375. The predicted octanol–water partition coefficient (Wildman–Crippen LogP) is 5.19. The average molecular weight is 314 g/mol. The zero-order valence-corrected chi connectivity index (χ0v) is 12.5. The van der Waals surface area contributed by atoms with E-state index in [0.717, 1.165) is 29.9 Å². The number of hydrogen-bond acceptors (Lipinski definition) is 2. The van der Waals surface area contributed by atoms with E-state index >= 15 is 0 Å². The number of halogens is 3. The smallest absolute Gasteiger partial charge is 0.380 e. The first-order valence-corrected chi connectivity index (χ1v) is 7.70. The van der Waals surface area contributed by atoms with Crippen LogP contribution in [0.2, 0.25) is 0 Å². The van der Waals surface area contributed by atoms with Gasteiger partial charge in [0.15, 0.2) is 0 Å². The maximum absolute atomic E-state index is 12.6. The second kappa shape index (κ2) is 6.20. The Bertz CT molecular complexity index is 560. The molecule has 1 unspecified atom stereocenters. The van der Waals surface area contributed by atoms with E-state index in [0.29, 0.717) is 12.0 Å². The molecule has 2 aromatic rings. The molecule has 2 rings (SSSR count). The van der Waals surface area contributed by atoms with Crippen LogP contribution in [0.3, 0.4) is 0 Å². The van der Waals surface area contributed by atoms with Crippen LogP contribution in [0.25, 0.3) is 0 Å². The summed E-state index contributed by atoms with van der Waals surface area (Å²) in [7, 11) is 0. The van der Waals surface area contributed by atoms with Gasteiger partial charge in [-0.15, -0.1) is 11.3 Å². The highest BCUT2D eigenvalue weighted by Gasteiger charge is 2.34. The molecule has 0 bridgehead atoms. The van der Waals surface area contributed by atoms with Gasteiger partial charge in [0.1, 0.15) is 5.60 Å². The van der Waals surface area contributed by atoms with Crippen molar-refractivity contribution in [3.8, 4) is 0 Å². The normalized spacial score (nSPS) is 14.9. The van der Waals surface area contributed by atoms with Gasteiger partial charge < -0.3 is 5.11 Å². The Morgan fingerprint density at radius 1 is 1.05 bits per heavy atom. The van der Waals surface area contributed by atoms with Gasteiger partial charge >= 0.3 is 6.18 Å². The van der Waals surface area contributed by atoms with E-state index in [4.69, 9.17) is 0 Å². The van der Waals surface area contributed by atoms with Crippen LogP contribution >= 0.6 is 11.3 Å². The SMILES string of the molecule is CCCCC(O)(c1ccc(C(F)(F)F)cc1)c1cccs1. The monoisotopic (exact) mass is 314 g/mol. The van der Waals surface area contributed by atoms with Gasteiger partial charge in [-0.1, -0.05) is 38.0 Å². The van der Waals surface area contributed by atoms with Gasteiger partial charge in [0.05, 0.1) is 5.56 Å². The number of benzene rings is 1. The molecule has 0 spiro atoms. The third-order valence-corrected chi connectivity index (χ3v) is 4.53. The predicted molar refractivity (Wildman–Crippen MR) is 78.3 cm³/mol. The topological polar surface area (TPSA) is 20.2 Å². The van der Waals surface area contributed by atoms with Gasteiger partial charge in [0.25, 0.3) is 0 Å². The van der Waals surface area contributed by atoms with Crippen molar-refractivity contribution >= 4 is 11.3 Å². The molecule has 0 saturated carbocycles. The van der Waals surface area contributed by atoms with Gasteiger partial charge in [-0.05, 0) is 35.6 Å². The van der Waals surface area contributed by atoms with E-state index in [1.165, 1.54) is 23.5 Å². The fourth-order valence-electron chi connectivity index (χ4n) is 2.29. The molecule has 0 aliphatic carbocycles. The molecule has 0 fully saturated rings. The minimum absolute atomic E-state index is 0.495. The molecule has 1 nitrogen and oxygen atoms in total. The lowest BCUT2D eigenvalue weighted by atomic mass is 9.86. The minimum atomic E-state index is -4.36. The zero-order chi connectivity index (χ0) is 15.5. The van der Waals surface area contributed by atoms with Crippen molar-refractivity contribution in [3.63, 3.8) is 0 Å². The first-order chi connectivity index (χ1) is 9.88. The lowest BCUT2D eigenvalue weighted by molar-refractivity contribution is -0.137. The molecule has 21 heavy (non-hydrogen) atoms. The summed E-state index contributed by atoms with van der Waals surface area (Å²) < 4.78 is 37.9. The Kier molecular flexibility index (Phi) is 4.74. The summed E-state index contributed by atoms with van der Waals surface area (Å²) in [6.45, 7) is 2.02. The second-order valence-corrected chi connectivity index (χ2v) is 5.96. The summed E-state index contributed by atoms with van der Waals surface area (Å²) in [5, 5.41) is 12.9. The highest BCUT2D eigenvalue weighted by molar-refractivity contribution is 7.10. The van der Waals surface area contributed by atoms with E-state index in [-0.39, 0.29) is 0 Å². The lowest BCUT2D eigenvalue weighted by Gasteiger charge is -2.28. The van der Waals surface area contributed by atoms with Crippen LogP contribution in [-0.2, 0) is 11.8 Å². The van der Waals surface area contributed by atoms with E-state index in [1.807, 2.05) is 24.4 Å². The molecule has 0 saturated heterocycles. The maximum atomic E-state index is 12.6. The summed E-state index contributed by atoms with van der Waals surface area (Å²) in [4.78, 5) is 0.760. The zero-order valence-electron chi connectivity index (χ0n) is 11.7. The van der Waals surface area contributed by atoms with Crippen molar-refractivity contribution in [1.82, 2.24) is 0 Å². The molecular weight excluding hydrogens is 297 g/mol. The summed E-state index contributed by atoms with van der Waals surface area (Å²) in [6.07, 6.45) is -2.15. The third kappa shape index (κ3) is 3.47. The highest BCUT2D eigenvalue weighted by atomic mass is 32.1. The Morgan fingerprint density at radius 3 is 2.14 bits per heavy atom. The molecule has 0 aliphatic heterocycles. The molecule has 0 radical (unpaired) electrons. The summed E-state index contributed by atoms with van der Waals surface area (Å²) in [6, 6.07) is 8.45. The summed E-state index contributed by atoms with van der Waals surface area (Å²) in [5.74, 6) is 0. The van der Waals surface area contributed by atoms with Gasteiger partial charge in [-0.25, -0.2) is 0 Å². The van der Waals surface area contributed by atoms with Crippen molar-refractivity contribution in [2.24, 2.45) is 0 Å². The first-order valence-electron chi connectivity index (χ1n) is 6.82. The van der Waals surface area contributed by atoms with Crippen LogP contribution in [0.4, 0.5) is 13.2 Å². The molecule has 0 amide bonds. The van der Waals surface area contributed by atoms with E-state index < -0.39 is 17.3 Å². The fourth-order valence-corrected chi connectivity index (χ4v) is 3.17. The number of unbranched alkanes of at least 4 members (excludes halogenated alkanes) is 1. The Hall–Kier alpha value is -1.33. The molecule has 1 aromatic heterocycles. The van der Waals surface area contributed by atoms with Gasteiger partial charge in [0.2, 0.25) is 0 Å². The molecule has 1 atom stereocenters. The van der Waals surface area contributed by atoms with Crippen molar-refractivity contribution in [3.05, 3.63) is 57.8 Å². The van der Waals surface area contributed by atoms with Crippen molar-refractivity contribution < 1.29 is 18.3 Å². The quantitative estimate of drug-likeness (QED) is 0.805. The number of alkyl halides is 3. The number of hydrogen-bond donors (Lipinski definition) is 1. The first kappa shape index (κ1) is 16.0. The molecule has 1 aromatic carbocycles. The van der Waals surface area contributed by atoms with Gasteiger partial charge in [0, 0.05) is 4.88 Å². The molecular formula is C16H17F3OS. The van der Waals surface area contributed by atoms with Gasteiger partial charge in [-0.2, -0.15) is 13.2 Å². The number of aliphatic hydroxyl groups is 1. The van der Waals surface area contributed by atoms with E-state index in [9.17, 15) is 18.3 Å². The van der Waals surface area contributed by atoms with Crippen LogP contribution in [0.5, 0.6) is 0 Å². The third-order valence-electron chi connectivity index (χ3n) is 3.51. The number of rotatable bonds is 5. The van der Waals surface area contributed by atoms with Crippen LogP contribution in [0.15, 0.2) is 41.8 Å².